The van der Waals surface area contributed by atoms with Crippen LogP contribution in [0.4, 0.5) is 11.4 Å². The first-order chi connectivity index (χ1) is 6.67. The van der Waals surface area contributed by atoms with Crippen LogP contribution in [0.2, 0.25) is 5.02 Å². The number of hydrogen-bond acceptors (Lipinski definition) is 2. The van der Waals surface area contributed by atoms with E-state index in [0.29, 0.717) is 11.1 Å². The molecular formula is C11H17ClN2. The maximum Gasteiger partial charge on any atom is 0.0590 e. The van der Waals surface area contributed by atoms with Gasteiger partial charge in [-0.05, 0) is 31.0 Å². The van der Waals surface area contributed by atoms with Gasteiger partial charge in [-0.2, -0.15) is 0 Å². The Hall–Kier alpha value is -0.890. The molecule has 1 aromatic carbocycles. The van der Waals surface area contributed by atoms with Crippen molar-refractivity contribution in [2.24, 2.45) is 0 Å². The highest BCUT2D eigenvalue weighted by Crippen LogP contribution is 2.24. The highest BCUT2D eigenvalue weighted by molar-refractivity contribution is 6.31. The number of benzene rings is 1. The molecule has 0 fully saturated rings. The zero-order valence-corrected chi connectivity index (χ0v) is 9.43. The molecule has 1 rings (SSSR count). The molecule has 14 heavy (non-hydrogen) atoms. The lowest BCUT2D eigenvalue weighted by atomic mass is 10.1. The molecule has 2 nitrogen and oxygen atoms in total. The van der Waals surface area contributed by atoms with Crippen LogP contribution in [0, 0.1) is 0 Å². The van der Waals surface area contributed by atoms with Crippen molar-refractivity contribution in [2.45, 2.75) is 32.7 Å². The van der Waals surface area contributed by atoms with Crippen molar-refractivity contribution in [1.82, 2.24) is 0 Å². The smallest absolute Gasteiger partial charge is 0.0590 e. The Morgan fingerprint density at radius 3 is 2.57 bits per heavy atom. The van der Waals surface area contributed by atoms with Crippen molar-refractivity contribution >= 4 is 23.0 Å². The highest BCUT2D eigenvalue weighted by atomic mass is 35.5. The third kappa shape index (κ3) is 2.81. The van der Waals surface area contributed by atoms with Gasteiger partial charge in [-0.15, -0.1) is 0 Å². The SMILES string of the molecule is CCC(CC)Nc1cc(Cl)ccc1N. The molecule has 0 aromatic heterocycles. The lowest BCUT2D eigenvalue weighted by Crippen LogP contribution is -2.17. The summed E-state index contributed by atoms with van der Waals surface area (Å²) in [6.07, 6.45) is 2.17. The molecule has 0 saturated heterocycles. The fraction of sp³-hybridized carbons (Fsp3) is 0.455. The van der Waals surface area contributed by atoms with Gasteiger partial charge in [-0.1, -0.05) is 25.4 Å². The van der Waals surface area contributed by atoms with Crippen LogP contribution in [-0.4, -0.2) is 6.04 Å². The van der Waals surface area contributed by atoms with Crippen LogP contribution < -0.4 is 11.1 Å². The molecule has 0 atom stereocenters. The molecule has 0 spiro atoms. The molecule has 0 amide bonds. The first kappa shape index (κ1) is 11.2. The van der Waals surface area contributed by atoms with E-state index in [2.05, 4.69) is 19.2 Å². The van der Waals surface area contributed by atoms with Crippen molar-refractivity contribution < 1.29 is 0 Å². The van der Waals surface area contributed by atoms with Gasteiger partial charge in [0.1, 0.15) is 0 Å². The minimum absolute atomic E-state index is 0.468. The van der Waals surface area contributed by atoms with Crippen molar-refractivity contribution in [3.05, 3.63) is 23.2 Å². The van der Waals surface area contributed by atoms with Crippen molar-refractivity contribution in [2.75, 3.05) is 11.1 Å². The van der Waals surface area contributed by atoms with Gasteiger partial charge in [0.2, 0.25) is 0 Å². The average molecular weight is 213 g/mol. The average Bonchev–Trinajstić information content (AvgIpc) is 2.19. The van der Waals surface area contributed by atoms with Gasteiger partial charge in [-0.3, -0.25) is 0 Å². The zero-order valence-electron chi connectivity index (χ0n) is 8.68. The summed E-state index contributed by atoms with van der Waals surface area (Å²) in [4.78, 5) is 0. The minimum Gasteiger partial charge on any atom is -0.397 e. The number of nitrogens with two attached hydrogens (primary N) is 1. The van der Waals surface area contributed by atoms with Gasteiger partial charge < -0.3 is 11.1 Å². The standard InChI is InChI=1S/C11H17ClN2/c1-3-9(4-2)14-11-7-8(12)5-6-10(11)13/h5-7,9,14H,3-4,13H2,1-2H3. The minimum atomic E-state index is 0.468. The lowest BCUT2D eigenvalue weighted by Gasteiger charge is -2.17. The van der Waals surface area contributed by atoms with Gasteiger partial charge >= 0.3 is 0 Å². The summed E-state index contributed by atoms with van der Waals surface area (Å²) in [5, 5.41) is 4.09. The number of nitrogen functional groups attached to an aromatic ring is 1. The summed E-state index contributed by atoms with van der Waals surface area (Å²) in [6.45, 7) is 4.31. The summed E-state index contributed by atoms with van der Waals surface area (Å²) in [6, 6.07) is 5.97. The Morgan fingerprint density at radius 1 is 1.36 bits per heavy atom. The third-order valence-electron chi connectivity index (χ3n) is 2.36. The predicted molar refractivity (Wildman–Crippen MR) is 63.9 cm³/mol. The van der Waals surface area contributed by atoms with Gasteiger partial charge in [-0.25, -0.2) is 0 Å². The Balaban J connectivity index is 2.79. The fourth-order valence-electron chi connectivity index (χ4n) is 1.37. The van der Waals surface area contributed by atoms with Gasteiger partial charge in [0.15, 0.2) is 0 Å². The molecule has 1 aromatic rings. The van der Waals surface area contributed by atoms with Crippen LogP contribution >= 0.6 is 11.6 Å². The maximum atomic E-state index is 5.89. The number of hydrogen-bond donors (Lipinski definition) is 2. The molecule has 0 radical (unpaired) electrons. The molecule has 0 unspecified atom stereocenters. The van der Waals surface area contributed by atoms with Crippen LogP contribution in [-0.2, 0) is 0 Å². The van der Waals surface area contributed by atoms with E-state index >= 15 is 0 Å². The molecule has 0 saturated carbocycles. The van der Waals surface area contributed by atoms with E-state index in [1.165, 1.54) is 0 Å². The topological polar surface area (TPSA) is 38.0 Å². The summed E-state index contributed by atoms with van der Waals surface area (Å²) in [5.41, 5.74) is 7.51. The normalized spacial score (nSPS) is 10.6. The third-order valence-corrected chi connectivity index (χ3v) is 2.60. The molecule has 0 aliphatic heterocycles. The van der Waals surface area contributed by atoms with Crippen molar-refractivity contribution in [3.8, 4) is 0 Å². The molecule has 0 heterocycles. The second-order valence-corrected chi connectivity index (χ2v) is 3.83. The summed E-state index contributed by atoms with van der Waals surface area (Å²) < 4.78 is 0. The van der Waals surface area contributed by atoms with E-state index in [-0.39, 0.29) is 0 Å². The van der Waals surface area contributed by atoms with Gasteiger partial charge in [0.25, 0.3) is 0 Å². The Bertz CT molecular complexity index is 295. The van der Waals surface area contributed by atoms with E-state index < -0.39 is 0 Å². The number of anilines is 2. The molecule has 0 bridgehead atoms. The highest BCUT2D eigenvalue weighted by Gasteiger charge is 2.05. The maximum absolute atomic E-state index is 5.89. The Morgan fingerprint density at radius 2 is 2.00 bits per heavy atom. The van der Waals surface area contributed by atoms with E-state index in [1.54, 1.807) is 6.07 Å². The second-order valence-electron chi connectivity index (χ2n) is 3.39. The lowest BCUT2D eigenvalue weighted by molar-refractivity contribution is 0.672. The summed E-state index contributed by atoms with van der Waals surface area (Å²) in [5.74, 6) is 0. The molecule has 0 aliphatic carbocycles. The van der Waals surface area contributed by atoms with Crippen LogP contribution in [0.3, 0.4) is 0 Å². The monoisotopic (exact) mass is 212 g/mol. The van der Waals surface area contributed by atoms with Crippen LogP contribution in [0.15, 0.2) is 18.2 Å². The molecule has 78 valence electrons. The Labute approximate surface area is 90.4 Å². The van der Waals surface area contributed by atoms with Crippen LogP contribution in [0.5, 0.6) is 0 Å². The van der Waals surface area contributed by atoms with Crippen LogP contribution in [0.25, 0.3) is 0 Å². The van der Waals surface area contributed by atoms with E-state index in [0.717, 1.165) is 24.2 Å². The van der Waals surface area contributed by atoms with Crippen LogP contribution in [0.1, 0.15) is 26.7 Å². The fourth-order valence-corrected chi connectivity index (χ4v) is 1.54. The number of nitrogens with one attached hydrogen (secondary N) is 1. The molecule has 3 N–H and O–H groups in total. The summed E-state index contributed by atoms with van der Waals surface area (Å²) in [7, 11) is 0. The first-order valence-corrected chi connectivity index (χ1v) is 5.36. The van der Waals surface area contributed by atoms with E-state index in [9.17, 15) is 0 Å². The van der Waals surface area contributed by atoms with Crippen molar-refractivity contribution in [1.29, 1.82) is 0 Å². The molecule has 0 aliphatic rings. The van der Waals surface area contributed by atoms with Gasteiger partial charge in [0.05, 0.1) is 11.4 Å². The quantitative estimate of drug-likeness (QED) is 0.750. The van der Waals surface area contributed by atoms with Crippen molar-refractivity contribution in [3.63, 3.8) is 0 Å². The largest absolute Gasteiger partial charge is 0.397 e. The second kappa shape index (κ2) is 5.11. The summed E-state index contributed by atoms with van der Waals surface area (Å²) >= 11 is 5.89. The van der Waals surface area contributed by atoms with E-state index in [1.807, 2.05) is 12.1 Å². The zero-order chi connectivity index (χ0) is 10.6. The number of rotatable bonds is 4. The number of halogens is 1. The predicted octanol–water partition coefficient (Wildman–Crippen LogP) is 3.52. The van der Waals surface area contributed by atoms with Gasteiger partial charge in [0, 0.05) is 11.1 Å². The van der Waals surface area contributed by atoms with E-state index in [4.69, 9.17) is 17.3 Å². The Kier molecular flexibility index (Phi) is 4.08. The molecular weight excluding hydrogens is 196 g/mol. The first-order valence-electron chi connectivity index (χ1n) is 4.99. The molecule has 3 heteroatoms.